The van der Waals surface area contributed by atoms with E-state index in [2.05, 4.69) is 29.5 Å². The summed E-state index contributed by atoms with van der Waals surface area (Å²) in [6.45, 7) is 4.75. The summed E-state index contributed by atoms with van der Waals surface area (Å²) in [5.74, 6) is -0.360. The second kappa shape index (κ2) is 9.22. The van der Waals surface area contributed by atoms with Gasteiger partial charge in [0.15, 0.2) is 0 Å². The molecule has 0 saturated carbocycles. The van der Waals surface area contributed by atoms with Crippen LogP contribution < -0.4 is 10.6 Å². The Labute approximate surface area is 181 Å². The molecule has 0 aliphatic carbocycles. The van der Waals surface area contributed by atoms with Gasteiger partial charge < -0.3 is 15.4 Å². The van der Waals surface area contributed by atoms with Gasteiger partial charge >= 0.3 is 0 Å². The lowest BCUT2D eigenvalue weighted by Crippen LogP contribution is -2.26. The smallest absolute Gasteiger partial charge is 0.255 e. The van der Waals surface area contributed by atoms with Gasteiger partial charge in [0.2, 0.25) is 0 Å². The molecule has 1 aliphatic rings. The van der Waals surface area contributed by atoms with Crippen LogP contribution in [0, 0.1) is 0 Å². The molecule has 160 valence electrons. The molecule has 4 rings (SSSR count). The number of aromatic nitrogens is 2. The van der Waals surface area contributed by atoms with E-state index in [-0.39, 0.29) is 17.9 Å². The summed E-state index contributed by atoms with van der Waals surface area (Å²) >= 11 is 0. The average Bonchev–Trinajstić information content (AvgIpc) is 3.34. The van der Waals surface area contributed by atoms with Crippen LogP contribution in [0.1, 0.15) is 48.4 Å². The first kappa shape index (κ1) is 20.9. The zero-order valence-corrected chi connectivity index (χ0v) is 17.8. The molecule has 1 aliphatic heterocycles. The second-order valence-corrected chi connectivity index (χ2v) is 7.55. The van der Waals surface area contributed by atoms with Crippen LogP contribution in [0.2, 0.25) is 0 Å². The van der Waals surface area contributed by atoms with Crippen LogP contribution in [0.3, 0.4) is 0 Å². The van der Waals surface area contributed by atoms with E-state index in [9.17, 15) is 9.59 Å². The molecule has 2 heterocycles. The molecule has 7 nitrogen and oxygen atoms in total. The molecular formula is C24H26N4O3. The van der Waals surface area contributed by atoms with Gasteiger partial charge in [-0.25, -0.2) is 9.97 Å². The Bertz CT molecular complexity index is 1110. The first-order chi connectivity index (χ1) is 15.1. The highest BCUT2D eigenvalue weighted by molar-refractivity contribution is 6.06. The summed E-state index contributed by atoms with van der Waals surface area (Å²) in [6, 6.07) is 12.4. The lowest BCUT2D eigenvalue weighted by atomic mass is 10.1. The summed E-state index contributed by atoms with van der Waals surface area (Å²) in [4.78, 5) is 34.2. The second-order valence-electron chi connectivity index (χ2n) is 7.55. The van der Waals surface area contributed by atoms with Gasteiger partial charge in [0, 0.05) is 23.5 Å². The fourth-order valence-electron chi connectivity index (χ4n) is 3.68. The molecule has 7 heteroatoms. The Morgan fingerprint density at radius 1 is 0.935 bits per heavy atom. The molecule has 1 atom stereocenters. The normalized spacial score (nSPS) is 15.7. The van der Waals surface area contributed by atoms with Crippen molar-refractivity contribution in [3.8, 4) is 0 Å². The van der Waals surface area contributed by atoms with Crippen molar-refractivity contribution in [3.63, 3.8) is 0 Å². The topological polar surface area (TPSA) is 93.2 Å². The maximum absolute atomic E-state index is 12.7. The number of fused-ring (bicyclic) bond motifs is 1. The van der Waals surface area contributed by atoms with Crippen molar-refractivity contribution in [2.45, 2.75) is 45.6 Å². The van der Waals surface area contributed by atoms with Crippen LogP contribution in [0.4, 0.5) is 11.4 Å². The van der Waals surface area contributed by atoms with E-state index in [0.717, 1.165) is 42.6 Å². The first-order valence-electron chi connectivity index (χ1n) is 10.7. The van der Waals surface area contributed by atoms with Crippen molar-refractivity contribution in [1.82, 2.24) is 9.97 Å². The third kappa shape index (κ3) is 4.72. The van der Waals surface area contributed by atoms with Crippen LogP contribution in [0.25, 0.3) is 11.0 Å². The SMILES string of the molecule is CCc1nc2ccc(C(=O)Nc3ccc(NC(=O)C4CCCO4)cc3)cc2nc1CC. The zero-order chi connectivity index (χ0) is 21.8. The van der Waals surface area contributed by atoms with Crippen molar-refractivity contribution in [1.29, 1.82) is 0 Å². The number of anilines is 2. The molecule has 2 aromatic carbocycles. The molecule has 2 N–H and O–H groups in total. The maximum Gasteiger partial charge on any atom is 0.255 e. The van der Waals surface area contributed by atoms with Gasteiger partial charge in [0.05, 0.1) is 22.4 Å². The molecule has 0 radical (unpaired) electrons. The highest BCUT2D eigenvalue weighted by Crippen LogP contribution is 2.20. The van der Waals surface area contributed by atoms with Crippen LogP contribution in [0.5, 0.6) is 0 Å². The highest BCUT2D eigenvalue weighted by atomic mass is 16.5. The molecule has 2 amide bonds. The molecule has 1 saturated heterocycles. The van der Waals surface area contributed by atoms with E-state index in [4.69, 9.17) is 9.72 Å². The average molecular weight is 418 g/mol. The molecule has 31 heavy (non-hydrogen) atoms. The quantitative estimate of drug-likeness (QED) is 0.628. The van der Waals surface area contributed by atoms with Crippen molar-refractivity contribution >= 4 is 34.2 Å². The van der Waals surface area contributed by atoms with Crippen molar-refractivity contribution in [2.24, 2.45) is 0 Å². The Kier molecular flexibility index (Phi) is 6.23. The molecule has 1 fully saturated rings. The van der Waals surface area contributed by atoms with Crippen molar-refractivity contribution in [3.05, 3.63) is 59.4 Å². The predicted octanol–water partition coefficient (Wildman–Crippen LogP) is 4.12. The molecule has 1 aromatic heterocycles. The fourth-order valence-corrected chi connectivity index (χ4v) is 3.68. The number of aryl methyl sites for hydroxylation is 2. The minimum absolute atomic E-state index is 0.135. The van der Waals surface area contributed by atoms with Crippen molar-refractivity contribution in [2.75, 3.05) is 17.2 Å². The van der Waals surface area contributed by atoms with Crippen molar-refractivity contribution < 1.29 is 14.3 Å². The van der Waals surface area contributed by atoms with Crippen LogP contribution in [-0.4, -0.2) is 34.5 Å². The Morgan fingerprint density at radius 2 is 1.58 bits per heavy atom. The standard InChI is InChI=1S/C24H26N4O3/c1-3-18-19(4-2)28-21-14-15(7-12-20(21)27-18)23(29)25-16-8-10-17(11-9-16)26-24(30)22-6-5-13-31-22/h7-12,14,22H,3-6,13H2,1-2H3,(H,25,29)(H,26,30). The van der Waals surface area contributed by atoms with Gasteiger partial charge in [-0.05, 0) is 68.1 Å². The number of amides is 2. The van der Waals surface area contributed by atoms with E-state index in [1.54, 1.807) is 36.4 Å². The first-order valence-corrected chi connectivity index (χ1v) is 10.7. The molecule has 0 spiro atoms. The number of rotatable bonds is 6. The lowest BCUT2D eigenvalue weighted by Gasteiger charge is -2.11. The number of hydrogen-bond acceptors (Lipinski definition) is 5. The fraction of sp³-hybridized carbons (Fsp3) is 0.333. The third-order valence-corrected chi connectivity index (χ3v) is 5.38. The van der Waals surface area contributed by atoms with Gasteiger partial charge in [-0.2, -0.15) is 0 Å². The third-order valence-electron chi connectivity index (χ3n) is 5.38. The summed E-state index contributed by atoms with van der Waals surface area (Å²) in [6.07, 6.45) is 2.91. The predicted molar refractivity (Wildman–Crippen MR) is 120 cm³/mol. The van der Waals surface area contributed by atoms with E-state index in [1.165, 1.54) is 0 Å². The number of nitrogens with one attached hydrogen (secondary N) is 2. The number of nitrogens with zero attached hydrogens (tertiary/aromatic N) is 2. The monoisotopic (exact) mass is 418 g/mol. The van der Waals surface area contributed by atoms with E-state index in [0.29, 0.717) is 29.1 Å². The molecule has 0 bridgehead atoms. The van der Waals surface area contributed by atoms with Gasteiger partial charge in [-0.1, -0.05) is 13.8 Å². The highest BCUT2D eigenvalue weighted by Gasteiger charge is 2.23. The lowest BCUT2D eigenvalue weighted by molar-refractivity contribution is -0.124. The Balaban J connectivity index is 1.44. The zero-order valence-electron chi connectivity index (χ0n) is 17.8. The van der Waals surface area contributed by atoms with E-state index < -0.39 is 0 Å². The summed E-state index contributed by atoms with van der Waals surface area (Å²) in [7, 11) is 0. The summed E-state index contributed by atoms with van der Waals surface area (Å²) < 4.78 is 5.39. The van der Waals surface area contributed by atoms with E-state index >= 15 is 0 Å². The molecule has 3 aromatic rings. The minimum atomic E-state index is -0.378. The largest absolute Gasteiger partial charge is 0.368 e. The van der Waals surface area contributed by atoms with E-state index in [1.807, 2.05) is 6.07 Å². The maximum atomic E-state index is 12.7. The van der Waals surface area contributed by atoms with Gasteiger partial charge in [-0.15, -0.1) is 0 Å². The summed E-state index contributed by atoms with van der Waals surface area (Å²) in [5, 5.41) is 5.73. The molecule has 1 unspecified atom stereocenters. The Morgan fingerprint density at radius 3 is 2.19 bits per heavy atom. The van der Waals surface area contributed by atoms with Gasteiger partial charge in [-0.3, -0.25) is 9.59 Å². The van der Waals surface area contributed by atoms with Gasteiger partial charge in [0.25, 0.3) is 11.8 Å². The van der Waals surface area contributed by atoms with Crippen LogP contribution in [0.15, 0.2) is 42.5 Å². The summed E-state index contributed by atoms with van der Waals surface area (Å²) in [5.41, 5.74) is 5.29. The van der Waals surface area contributed by atoms with Crippen LogP contribution >= 0.6 is 0 Å². The Hall–Kier alpha value is -3.32. The number of carbonyl (C=O) groups is 2. The number of carbonyl (C=O) groups excluding carboxylic acids is 2. The number of hydrogen-bond donors (Lipinski definition) is 2. The number of benzene rings is 2. The molecular weight excluding hydrogens is 392 g/mol. The van der Waals surface area contributed by atoms with Gasteiger partial charge in [0.1, 0.15) is 6.10 Å². The number of ether oxygens (including phenoxy) is 1. The van der Waals surface area contributed by atoms with Crippen LogP contribution in [-0.2, 0) is 22.4 Å². The minimum Gasteiger partial charge on any atom is -0.368 e.